The van der Waals surface area contributed by atoms with Crippen LogP contribution in [0.15, 0.2) is 0 Å². The molecule has 4 N–H and O–H groups in total. The molecule has 0 saturated carbocycles. The van der Waals surface area contributed by atoms with Crippen LogP contribution in [0.3, 0.4) is 0 Å². The molecule has 0 aromatic carbocycles. The number of rotatable bonds is 3. The van der Waals surface area contributed by atoms with Crippen molar-refractivity contribution in [2.75, 3.05) is 12.9 Å². The fraction of sp³-hybridized carbons (Fsp3) is 1.00. The zero-order valence-electron chi connectivity index (χ0n) is 8.42. The molecule has 0 aliphatic carbocycles. The van der Waals surface area contributed by atoms with Gasteiger partial charge in [0.2, 0.25) is 0 Å². The Morgan fingerprint density at radius 3 is 2.19 bits per heavy atom. The van der Waals surface area contributed by atoms with Crippen molar-refractivity contribution in [1.82, 2.24) is 0 Å². The van der Waals surface area contributed by atoms with Crippen molar-refractivity contribution in [2.24, 2.45) is 0 Å². The van der Waals surface area contributed by atoms with E-state index >= 15 is 0 Å². The molecule has 1 saturated heterocycles. The highest BCUT2D eigenvalue weighted by atomic mass is 32.2. The lowest BCUT2D eigenvalue weighted by Crippen LogP contribution is -2.59. The molecule has 1 aliphatic rings. The molecule has 5 atom stereocenters. The van der Waals surface area contributed by atoms with E-state index in [4.69, 9.17) is 9.29 Å². The Balaban J connectivity index is 2.79. The molecule has 0 unspecified atom stereocenters. The summed E-state index contributed by atoms with van der Waals surface area (Å²) in [6.07, 6.45) is -7.34. The van der Waals surface area contributed by atoms with Crippen LogP contribution in [-0.4, -0.2) is 71.9 Å². The molecule has 1 fully saturated rings. The molecule has 8 nitrogen and oxygen atoms in total. The maximum atomic E-state index is 10.6. The van der Waals surface area contributed by atoms with Crippen LogP contribution in [0.2, 0.25) is 0 Å². The topological polar surface area (TPSA) is 134 Å². The second-order valence-electron chi connectivity index (χ2n) is 3.50. The van der Waals surface area contributed by atoms with E-state index < -0.39 is 46.6 Å². The second kappa shape index (κ2) is 4.92. The van der Waals surface area contributed by atoms with E-state index in [0.29, 0.717) is 0 Å². The Labute approximate surface area is 92.2 Å². The standard InChI is InChI=1S/C7H14O8S/c1-14-7-6(10)5(9)4(8)3(15-7)2-16(11,12)13/h3-10H,2H2,1H3,(H,11,12,13)/t3-,4-,5+,6-,7-/m1/s1. The molecule has 0 radical (unpaired) electrons. The first-order valence-electron chi connectivity index (χ1n) is 4.44. The number of aliphatic hydroxyl groups excluding tert-OH is 3. The molecule has 16 heavy (non-hydrogen) atoms. The predicted molar refractivity (Wildman–Crippen MR) is 50.1 cm³/mol. The Morgan fingerprint density at radius 1 is 1.19 bits per heavy atom. The van der Waals surface area contributed by atoms with E-state index in [1.165, 1.54) is 7.11 Å². The summed E-state index contributed by atoms with van der Waals surface area (Å²) in [5.41, 5.74) is 0. The number of hydrogen-bond donors (Lipinski definition) is 4. The minimum absolute atomic E-state index is 0.891. The van der Waals surface area contributed by atoms with Crippen molar-refractivity contribution in [1.29, 1.82) is 0 Å². The lowest BCUT2D eigenvalue weighted by molar-refractivity contribution is -0.285. The molecule has 96 valence electrons. The monoisotopic (exact) mass is 258 g/mol. The fourth-order valence-electron chi connectivity index (χ4n) is 1.46. The maximum absolute atomic E-state index is 10.6. The average molecular weight is 258 g/mol. The van der Waals surface area contributed by atoms with Crippen molar-refractivity contribution in [3.63, 3.8) is 0 Å². The second-order valence-corrected chi connectivity index (χ2v) is 5.00. The van der Waals surface area contributed by atoms with Crippen LogP contribution in [0.5, 0.6) is 0 Å². The van der Waals surface area contributed by atoms with E-state index in [2.05, 4.69) is 4.74 Å². The average Bonchev–Trinajstić information content (AvgIpc) is 2.17. The van der Waals surface area contributed by atoms with Crippen LogP contribution in [-0.2, 0) is 19.6 Å². The van der Waals surface area contributed by atoms with Gasteiger partial charge in [-0.3, -0.25) is 4.55 Å². The predicted octanol–water partition coefficient (Wildman–Crippen LogP) is -2.67. The van der Waals surface area contributed by atoms with Gasteiger partial charge in [0.25, 0.3) is 10.1 Å². The zero-order valence-corrected chi connectivity index (χ0v) is 9.24. The van der Waals surface area contributed by atoms with Crippen molar-refractivity contribution in [3.8, 4) is 0 Å². The molecule has 0 spiro atoms. The number of ether oxygens (including phenoxy) is 2. The van der Waals surface area contributed by atoms with Gasteiger partial charge in [-0.15, -0.1) is 0 Å². The van der Waals surface area contributed by atoms with Crippen molar-refractivity contribution in [3.05, 3.63) is 0 Å². The lowest BCUT2D eigenvalue weighted by Gasteiger charge is -2.39. The van der Waals surface area contributed by atoms with Gasteiger partial charge in [0.05, 0.1) is 0 Å². The molecule has 1 rings (SSSR count). The Kier molecular flexibility index (Phi) is 4.23. The highest BCUT2D eigenvalue weighted by Gasteiger charge is 2.45. The van der Waals surface area contributed by atoms with E-state index in [9.17, 15) is 23.7 Å². The quantitative estimate of drug-likeness (QED) is 0.403. The summed E-state index contributed by atoms with van der Waals surface area (Å²) in [6.45, 7) is 0. The van der Waals surface area contributed by atoms with E-state index in [1.807, 2.05) is 0 Å². The van der Waals surface area contributed by atoms with Crippen LogP contribution >= 0.6 is 0 Å². The van der Waals surface area contributed by atoms with Crippen LogP contribution in [0.4, 0.5) is 0 Å². The number of methoxy groups -OCH3 is 1. The summed E-state index contributed by atoms with van der Waals surface area (Å²) in [6, 6.07) is 0. The van der Waals surface area contributed by atoms with Crippen molar-refractivity contribution < 1.29 is 37.8 Å². The van der Waals surface area contributed by atoms with Crippen LogP contribution in [0, 0.1) is 0 Å². The minimum atomic E-state index is -4.36. The van der Waals surface area contributed by atoms with Crippen molar-refractivity contribution >= 4 is 10.1 Å². The van der Waals surface area contributed by atoms with E-state index in [0.717, 1.165) is 0 Å². The first-order valence-corrected chi connectivity index (χ1v) is 6.05. The summed E-state index contributed by atoms with van der Waals surface area (Å²) in [4.78, 5) is 0. The van der Waals surface area contributed by atoms with E-state index in [1.54, 1.807) is 0 Å². The van der Waals surface area contributed by atoms with Gasteiger partial charge >= 0.3 is 0 Å². The van der Waals surface area contributed by atoms with Crippen LogP contribution in [0.25, 0.3) is 0 Å². The summed E-state index contributed by atoms with van der Waals surface area (Å²) >= 11 is 0. The van der Waals surface area contributed by atoms with Gasteiger partial charge in [0.1, 0.15) is 30.2 Å². The van der Waals surface area contributed by atoms with Gasteiger partial charge in [-0.05, 0) is 0 Å². The summed E-state index contributed by atoms with van der Waals surface area (Å²) in [5.74, 6) is -0.891. The van der Waals surface area contributed by atoms with Crippen LogP contribution < -0.4 is 0 Å². The minimum Gasteiger partial charge on any atom is -0.388 e. The van der Waals surface area contributed by atoms with Crippen molar-refractivity contribution in [2.45, 2.75) is 30.7 Å². The summed E-state index contributed by atoms with van der Waals surface area (Å²) in [7, 11) is -3.18. The number of hydrogen-bond acceptors (Lipinski definition) is 7. The first-order chi connectivity index (χ1) is 7.26. The smallest absolute Gasteiger partial charge is 0.267 e. The SMILES string of the molecule is CO[C@@H]1O[C@H](CS(=O)(=O)O)[C@@H](O)[C@H](O)[C@H]1O. The molecule has 1 aliphatic heterocycles. The molecule has 0 amide bonds. The van der Waals surface area contributed by atoms with Gasteiger partial charge in [-0.2, -0.15) is 8.42 Å². The lowest BCUT2D eigenvalue weighted by atomic mass is 10.00. The van der Waals surface area contributed by atoms with Gasteiger partial charge in [0, 0.05) is 7.11 Å². The highest BCUT2D eigenvalue weighted by Crippen LogP contribution is 2.22. The third-order valence-corrected chi connectivity index (χ3v) is 3.03. The summed E-state index contributed by atoms with van der Waals surface area (Å²) < 4.78 is 39.3. The Hall–Kier alpha value is -0.290. The molecular weight excluding hydrogens is 244 g/mol. The summed E-state index contributed by atoms with van der Waals surface area (Å²) in [5, 5.41) is 28.1. The third kappa shape index (κ3) is 3.10. The highest BCUT2D eigenvalue weighted by molar-refractivity contribution is 7.85. The van der Waals surface area contributed by atoms with Gasteiger partial charge in [-0.25, -0.2) is 0 Å². The van der Waals surface area contributed by atoms with Gasteiger partial charge < -0.3 is 24.8 Å². The fourth-order valence-corrected chi connectivity index (χ4v) is 2.15. The molecule has 0 aromatic heterocycles. The molecule has 1 heterocycles. The zero-order chi connectivity index (χ0) is 12.5. The Morgan fingerprint density at radius 2 is 1.75 bits per heavy atom. The van der Waals surface area contributed by atoms with Gasteiger partial charge in [0.15, 0.2) is 6.29 Å². The van der Waals surface area contributed by atoms with Crippen LogP contribution in [0.1, 0.15) is 0 Å². The number of aliphatic hydroxyl groups is 3. The molecule has 0 bridgehead atoms. The molecule has 0 aromatic rings. The largest absolute Gasteiger partial charge is 0.388 e. The first kappa shape index (κ1) is 13.8. The van der Waals surface area contributed by atoms with E-state index in [-0.39, 0.29) is 0 Å². The van der Waals surface area contributed by atoms with Gasteiger partial charge in [-0.1, -0.05) is 0 Å². The Bertz CT molecular complexity index is 325. The maximum Gasteiger partial charge on any atom is 0.267 e. The normalized spacial score (nSPS) is 40.9. The third-order valence-electron chi connectivity index (χ3n) is 2.28. The molecule has 9 heteroatoms. The molecular formula is C7H14O8S.